The van der Waals surface area contributed by atoms with E-state index < -0.39 is 17.5 Å². The van der Waals surface area contributed by atoms with Gasteiger partial charge in [-0.1, -0.05) is 30.3 Å². The Kier molecular flexibility index (Phi) is 5.69. The Bertz CT molecular complexity index is 1310. The minimum atomic E-state index is -0.774. The number of rotatable bonds is 5. The molecule has 0 saturated carbocycles. The number of anilines is 1. The Balaban J connectivity index is 1.32. The van der Waals surface area contributed by atoms with Crippen molar-refractivity contribution in [3.8, 4) is 6.07 Å². The fourth-order valence-corrected chi connectivity index (χ4v) is 4.64. The van der Waals surface area contributed by atoms with E-state index in [4.69, 9.17) is 0 Å². The Morgan fingerprint density at radius 3 is 2.65 bits per heavy atom. The maximum Gasteiger partial charge on any atom is 0.295 e. The Hall–Kier alpha value is -4.23. The maximum atomic E-state index is 14.7. The van der Waals surface area contributed by atoms with Gasteiger partial charge < -0.3 is 15.3 Å². The number of nitriles is 1. The zero-order valence-corrected chi connectivity index (χ0v) is 18.2. The molecule has 1 amide bonds. The second-order valence-corrected chi connectivity index (χ2v) is 8.30. The van der Waals surface area contributed by atoms with Crippen molar-refractivity contribution in [3.63, 3.8) is 0 Å². The third kappa shape index (κ3) is 3.76. The molecule has 1 aromatic carbocycles. The lowest BCUT2D eigenvalue weighted by atomic mass is 9.81. The minimum absolute atomic E-state index is 0.0222. The zero-order valence-electron chi connectivity index (χ0n) is 18.2. The van der Waals surface area contributed by atoms with Crippen LogP contribution in [-0.4, -0.2) is 39.6 Å². The maximum absolute atomic E-state index is 14.7. The second-order valence-electron chi connectivity index (χ2n) is 8.30. The number of pyridine rings is 1. The number of aromatic nitrogens is 2. The molecular formula is C24H22FN7O2. The molecule has 1 atom stereocenters. The van der Waals surface area contributed by atoms with Gasteiger partial charge in [-0.2, -0.15) is 5.26 Å². The summed E-state index contributed by atoms with van der Waals surface area (Å²) in [5.74, 6) is -1.94. The van der Waals surface area contributed by atoms with E-state index >= 15 is 0 Å². The number of hydrogen-bond acceptors (Lipinski definition) is 7. The molecule has 0 radical (unpaired) electrons. The summed E-state index contributed by atoms with van der Waals surface area (Å²) in [4.78, 5) is 34.6. The Morgan fingerprint density at radius 1 is 1.21 bits per heavy atom. The van der Waals surface area contributed by atoms with Gasteiger partial charge >= 0.3 is 0 Å². The van der Waals surface area contributed by atoms with E-state index in [2.05, 4.69) is 27.0 Å². The standard InChI is InChI=1S/C24H22FN7O2/c25-19-14-28-23(32-11-8-29-30-32)21-20(19)18(13-27-21)22(33)24(34)31-9-6-16(7-10-31)17(12-26)15-4-2-1-3-5-15/h1-5,8,11,13-14,16-17,27,29-30H,6-7,9-10H2. The van der Waals surface area contributed by atoms with Crippen LogP contribution < -0.4 is 16.0 Å². The van der Waals surface area contributed by atoms with Crippen LogP contribution in [0.3, 0.4) is 0 Å². The molecule has 1 fully saturated rings. The summed E-state index contributed by atoms with van der Waals surface area (Å²) in [5, 5.41) is 11.3. The Labute approximate surface area is 194 Å². The van der Waals surface area contributed by atoms with Crippen molar-refractivity contribution >= 4 is 28.4 Å². The number of nitrogens with zero attached hydrogens (tertiary/aromatic N) is 4. The van der Waals surface area contributed by atoms with Crippen molar-refractivity contribution in [3.05, 3.63) is 72.1 Å². The number of carbonyl (C=O) groups is 2. The quantitative estimate of drug-likeness (QED) is 0.397. The molecule has 10 heteroatoms. The number of amides is 1. The van der Waals surface area contributed by atoms with Crippen LogP contribution in [-0.2, 0) is 4.79 Å². The molecule has 4 heterocycles. The lowest BCUT2D eigenvalue weighted by Gasteiger charge is -2.33. The van der Waals surface area contributed by atoms with Gasteiger partial charge in [0, 0.05) is 31.7 Å². The van der Waals surface area contributed by atoms with Gasteiger partial charge in [0.15, 0.2) is 11.6 Å². The molecule has 2 aromatic heterocycles. The first-order valence-corrected chi connectivity index (χ1v) is 11.0. The van der Waals surface area contributed by atoms with Crippen LogP contribution in [0.15, 0.2) is 55.1 Å². The highest BCUT2D eigenvalue weighted by molar-refractivity contribution is 6.45. The fraction of sp³-hybridized carbons (Fsp3) is 0.250. The highest BCUT2D eigenvalue weighted by Crippen LogP contribution is 2.33. The lowest BCUT2D eigenvalue weighted by Crippen LogP contribution is -2.43. The zero-order chi connectivity index (χ0) is 23.7. The molecule has 1 saturated heterocycles. The number of aromatic amines is 1. The van der Waals surface area contributed by atoms with Crippen molar-refractivity contribution < 1.29 is 14.0 Å². The number of Topliss-reactive ketones (excluding diaryl/α,β-unsaturated/α-hetero) is 1. The summed E-state index contributed by atoms with van der Waals surface area (Å²) < 4.78 is 14.7. The Morgan fingerprint density at radius 2 is 1.97 bits per heavy atom. The minimum Gasteiger partial charge on any atom is -0.357 e. The third-order valence-corrected chi connectivity index (χ3v) is 6.40. The predicted octanol–water partition coefficient (Wildman–Crippen LogP) is 2.73. The molecule has 5 rings (SSSR count). The number of ketones is 1. The van der Waals surface area contributed by atoms with Gasteiger partial charge in [-0.25, -0.2) is 14.4 Å². The lowest BCUT2D eigenvalue weighted by molar-refractivity contribution is -0.127. The van der Waals surface area contributed by atoms with Gasteiger partial charge in [-0.15, -0.1) is 5.53 Å². The number of hydrogen-bond donors (Lipinski definition) is 3. The van der Waals surface area contributed by atoms with E-state index in [9.17, 15) is 19.2 Å². The normalized spacial score (nSPS) is 16.9. The predicted molar refractivity (Wildman–Crippen MR) is 122 cm³/mol. The largest absolute Gasteiger partial charge is 0.357 e. The van der Waals surface area contributed by atoms with Crippen molar-refractivity contribution in [2.75, 3.05) is 18.1 Å². The average molecular weight is 459 g/mol. The van der Waals surface area contributed by atoms with Crippen LogP contribution in [0.1, 0.15) is 34.7 Å². The average Bonchev–Trinajstić information content (AvgIpc) is 3.56. The summed E-state index contributed by atoms with van der Waals surface area (Å²) in [6.07, 6.45) is 6.89. The first-order valence-electron chi connectivity index (χ1n) is 11.0. The van der Waals surface area contributed by atoms with Crippen LogP contribution in [0.4, 0.5) is 10.2 Å². The number of nitrogens with one attached hydrogen (secondary N) is 3. The van der Waals surface area contributed by atoms with Crippen LogP contribution >= 0.6 is 0 Å². The molecule has 2 aliphatic rings. The number of hydrazine groups is 2. The summed E-state index contributed by atoms with van der Waals surface area (Å²) >= 11 is 0. The molecule has 0 bridgehead atoms. The molecule has 172 valence electrons. The third-order valence-electron chi connectivity index (χ3n) is 6.40. The van der Waals surface area contributed by atoms with Gasteiger partial charge in [-0.3, -0.25) is 9.59 Å². The van der Waals surface area contributed by atoms with E-state index in [1.165, 1.54) is 16.1 Å². The number of benzene rings is 1. The molecule has 1 unspecified atom stereocenters. The molecule has 34 heavy (non-hydrogen) atoms. The number of carbonyl (C=O) groups excluding carboxylic acids is 2. The van der Waals surface area contributed by atoms with Crippen molar-refractivity contribution in [2.24, 2.45) is 5.92 Å². The highest BCUT2D eigenvalue weighted by atomic mass is 19.1. The topological polar surface area (TPSA) is 117 Å². The summed E-state index contributed by atoms with van der Waals surface area (Å²) in [7, 11) is 0. The fourth-order valence-electron chi connectivity index (χ4n) is 4.64. The van der Waals surface area contributed by atoms with E-state index in [-0.39, 0.29) is 22.8 Å². The monoisotopic (exact) mass is 459 g/mol. The van der Waals surface area contributed by atoms with Gasteiger partial charge in [0.05, 0.1) is 34.7 Å². The molecule has 3 aromatic rings. The van der Waals surface area contributed by atoms with E-state index in [0.717, 1.165) is 11.8 Å². The van der Waals surface area contributed by atoms with Gasteiger partial charge in [0.1, 0.15) is 0 Å². The molecule has 0 aliphatic carbocycles. The summed E-state index contributed by atoms with van der Waals surface area (Å²) in [6.45, 7) is 0.734. The van der Waals surface area contributed by atoms with Crippen molar-refractivity contribution in [2.45, 2.75) is 18.8 Å². The van der Waals surface area contributed by atoms with E-state index in [0.29, 0.717) is 37.3 Å². The van der Waals surface area contributed by atoms with Crippen LogP contribution in [0, 0.1) is 23.1 Å². The number of piperidine rings is 1. The number of likely N-dealkylation sites (tertiary alicyclic amines) is 1. The smallest absolute Gasteiger partial charge is 0.295 e. The number of H-pyrrole nitrogens is 1. The van der Waals surface area contributed by atoms with Crippen LogP contribution in [0.5, 0.6) is 0 Å². The second kappa shape index (κ2) is 8.96. The molecule has 9 nitrogen and oxygen atoms in total. The molecule has 2 aliphatic heterocycles. The highest BCUT2D eigenvalue weighted by Gasteiger charge is 2.33. The molecule has 0 spiro atoms. The van der Waals surface area contributed by atoms with Crippen LogP contribution in [0.25, 0.3) is 10.9 Å². The number of halogens is 1. The molecular weight excluding hydrogens is 437 g/mol. The van der Waals surface area contributed by atoms with Crippen molar-refractivity contribution in [1.29, 1.82) is 5.26 Å². The molecule has 3 N–H and O–H groups in total. The van der Waals surface area contributed by atoms with Crippen LogP contribution in [0.2, 0.25) is 0 Å². The van der Waals surface area contributed by atoms with Crippen molar-refractivity contribution in [1.82, 2.24) is 25.8 Å². The van der Waals surface area contributed by atoms with Gasteiger partial charge in [0.2, 0.25) is 0 Å². The number of fused-ring (bicyclic) bond motifs is 1. The van der Waals surface area contributed by atoms with E-state index in [1.54, 1.807) is 12.4 Å². The van der Waals surface area contributed by atoms with Gasteiger partial charge in [0.25, 0.3) is 11.7 Å². The van der Waals surface area contributed by atoms with Gasteiger partial charge in [-0.05, 0) is 24.3 Å². The summed E-state index contributed by atoms with van der Waals surface area (Å²) in [6, 6.07) is 12.0. The summed E-state index contributed by atoms with van der Waals surface area (Å²) in [5.41, 5.74) is 6.81. The first kappa shape index (κ1) is 21.6. The SMILES string of the molecule is N#CC(c1ccccc1)C1CCN(C(=O)C(=O)c2c[nH]c3c(N4C=CNN4)ncc(F)c23)CC1. The van der Waals surface area contributed by atoms with E-state index in [1.807, 2.05) is 30.3 Å². The first-order chi connectivity index (χ1) is 16.6.